The summed E-state index contributed by atoms with van der Waals surface area (Å²) in [7, 11) is -1.64. The van der Waals surface area contributed by atoms with Gasteiger partial charge in [-0.1, -0.05) is 35.6 Å². The molecule has 0 spiro atoms. The molecule has 3 rings (SSSR count). The van der Waals surface area contributed by atoms with E-state index >= 15 is 0 Å². The van der Waals surface area contributed by atoms with Gasteiger partial charge in [0, 0.05) is 13.3 Å². The molecule has 0 atom stereocenters. The van der Waals surface area contributed by atoms with Crippen molar-refractivity contribution in [2.45, 2.75) is 18.7 Å². The van der Waals surface area contributed by atoms with Gasteiger partial charge in [-0.2, -0.15) is 4.99 Å². The molecule has 0 aliphatic heterocycles. The van der Waals surface area contributed by atoms with Crippen molar-refractivity contribution in [1.29, 1.82) is 0 Å². The Balaban J connectivity index is 2.23. The molecule has 0 N–H and O–H groups in total. The Kier molecular flexibility index (Phi) is 4.38. The van der Waals surface area contributed by atoms with Crippen molar-refractivity contribution >= 4 is 37.3 Å². The molecule has 25 heavy (non-hydrogen) atoms. The fourth-order valence-corrected chi connectivity index (χ4v) is 4.83. The zero-order valence-corrected chi connectivity index (χ0v) is 16.0. The molecule has 7 heteroatoms. The molecular formula is C18H18N2O3S2. The molecule has 0 aliphatic carbocycles. The molecule has 0 radical (unpaired) electrons. The van der Waals surface area contributed by atoms with Crippen molar-refractivity contribution in [3.8, 4) is 0 Å². The molecule has 0 bridgehead atoms. The molecule has 3 aromatic rings. The molecule has 1 heterocycles. The summed E-state index contributed by atoms with van der Waals surface area (Å²) in [5.74, 6) is -0.557. The van der Waals surface area contributed by atoms with Gasteiger partial charge in [0.25, 0.3) is 5.91 Å². The summed E-state index contributed by atoms with van der Waals surface area (Å²) in [5.41, 5.74) is 3.35. The van der Waals surface area contributed by atoms with Crippen LogP contribution in [0.2, 0.25) is 0 Å². The van der Waals surface area contributed by atoms with Crippen molar-refractivity contribution in [3.05, 3.63) is 57.9 Å². The molecule has 5 nitrogen and oxygen atoms in total. The van der Waals surface area contributed by atoms with Gasteiger partial charge < -0.3 is 4.57 Å². The number of sulfone groups is 1. The van der Waals surface area contributed by atoms with E-state index in [2.05, 4.69) is 4.99 Å². The number of nitrogens with zero attached hydrogens (tertiary/aromatic N) is 2. The number of aromatic nitrogens is 1. The highest BCUT2D eigenvalue weighted by Crippen LogP contribution is 2.24. The molecule has 0 saturated heterocycles. The van der Waals surface area contributed by atoms with E-state index in [-0.39, 0.29) is 10.5 Å². The normalized spacial score (nSPS) is 12.7. The maximum atomic E-state index is 12.6. The minimum atomic E-state index is -3.50. The fraction of sp³-hybridized carbons (Fsp3) is 0.222. The molecular weight excluding hydrogens is 356 g/mol. The lowest BCUT2D eigenvalue weighted by atomic mass is 10.1. The maximum absolute atomic E-state index is 12.6. The predicted octanol–water partition coefficient (Wildman–Crippen LogP) is 3.00. The third-order valence-corrected chi connectivity index (χ3v) is 6.48. The van der Waals surface area contributed by atoms with Crippen LogP contribution in [0, 0.1) is 13.8 Å². The third kappa shape index (κ3) is 3.17. The van der Waals surface area contributed by atoms with E-state index in [0.717, 1.165) is 27.6 Å². The number of hydrogen-bond donors (Lipinski definition) is 0. The van der Waals surface area contributed by atoms with Crippen LogP contribution in [0.5, 0.6) is 0 Å². The molecule has 130 valence electrons. The Morgan fingerprint density at radius 1 is 1.08 bits per heavy atom. The fourth-order valence-electron chi connectivity index (χ4n) is 2.78. The summed E-state index contributed by atoms with van der Waals surface area (Å²) in [6, 6.07) is 10.2. The molecule has 0 aliphatic rings. The number of benzene rings is 2. The molecule has 1 aromatic heterocycles. The van der Waals surface area contributed by atoms with Gasteiger partial charge in [0.15, 0.2) is 14.6 Å². The van der Waals surface area contributed by atoms with Gasteiger partial charge in [0.1, 0.15) is 0 Å². The van der Waals surface area contributed by atoms with E-state index in [1.807, 2.05) is 37.6 Å². The minimum Gasteiger partial charge on any atom is -0.319 e. The molecule has 0 saturated carbocycles. The average Bonchev–Trinajstić information content (AvgIpc) is 2.88. The molecule has 2 aromatic carbocycles. The number of thiazole rings is 1. The summed E-state index contributed by atoms with van der Waals surface area (Å²) < 4.78 is 26.8. The summed E-state index contributed by atoms with van der Waals surface area (Å²) in [4.78, 5) is 17.4. The van der Waals surface area contributed by atoms with Crippen LogP contribution in [0.4, 0.5) is 0 Å². The van der Waals surface area contributed by atoms with Crippen molar-refractivity contribution in [2.75, 3.05) is 6.26 Å². The van der Waals surface area contributed by atoms with Gasteiger partial charge in [-0.05, 0) is 37.1 Å². The predicted molar refractivity (Wildman–Crippen MR) is 99.7 cm³/mol. The second-order valence-corrected chi connectivity index (χ2v) is 8.97. The molecule has 1 amide bonds. The number of carbonyl (C=O) groups excluding carboxylic acids is 1. The summed E-state index contributed by atoms with van der Waals surface area (Å²) in [6.45, 7) is 4.03. The first-order valence-electron chi connectivity index (χ1n) is 7.64. The highest BCUT2D eigenvalue weighted by atomic mass is 32.2. The first kappa shape index (κ1) is 17.6. The standard InChI is InChI=1S/C18H18N2O3S2/c1-11-9-10-12(2)16-15(11)20(3)18(24-16)19-17(21)13-7-5-6-8-14(13)25(4,22)23/h5-10H,1-4H3. The number of aryl methyl sites for hydroxylation is 3. The Morgan fingerprint density at radius 2 is 1.72 bits per heavy atom. The Labute approximate surface area is 150 Å². The maximum Gasteiger partial charge on any atom is 0.280 e. The van der Waals surface area contributed by atoms with Gasteiger partial charge in [-0.3, -0.25) is 4.79 Å². The second-order valence-electron chi connectivity index (χ2n) is 6.01. The monoisotopic (exact) mass is 374 g/mol. The first-order valence-corrected chi connectivity index (χ1v) is 10.3. The highest BCUT2D eigenvalue weighted by molar-refractivity contribution is 7.90. The van der Waals surface area contributed by atoms with E-state index in [1.54, 1.807) is 12.1 Å². The molecule has 0 unspecified atom stereocenters. The lowest BCUT2D eigenvalue weighted by molar-refractivity contribution is 0.0995. The smallest absolute Gasteiger partial charge is 0.280 e. The van der Waals surface area contributed by atoms with Gasteiger partial charge >= 0.3 is 0 Å². The molecule has 0 fully saturated rings. The largest absolute Gasteiger partial charge is 0.319 e. The Bertz CT molecular complexity index is 1170. The lowest BCUT2D eigenvalue weighted by Crippen LogP contribution is -2.15. The highest BCUT2D eigenvalue weighted by Gasteiger charge is 2.18. The zero-order valence-electron chi connectivity index (χ0n) is 14.4. The number of carbonyl (C=O) groups is 1. The van der Waals surface area contributed by atoms with E-state index < -0.39 is 15.7 Å². The summed E-state index contributed by atoms with van der Waals surface area (Å²) >= 11 is 1.43. The zero-order chi connectivity index (χ0) is 18.4. The topological polar surface area (TPSA) is 68.5 Å². The Morgan fingerprint density at radius 3 is 2.36 bits per heavy atom. The van der Waals surface area contributed by atoms with Gasteiger partial charge in [-0.15, -0.1) is 0 Å². The van der Waals surface area contributed by atoms with E-state index in [9.17, 15) is 13.2 Å². The van der Waals surface area contributed by atoms with Crippen LogP contribution in [0.1, 0.15) is 21.5 Å². The average molecular weight is 374 g/mol. The van der Waals surface area contributed by atoms with Crippen molar-refractivity contribution in [1.82, 2.24) is 4.57 Å². The first-order chi connectivity index (χ1) is 11.7. The lowest BCUT2D eigenvalue weighted by Gasteiger charge is -2.04. The van der Waals surface area contributed by atoms with Crippen LogP contribution in [0.25, 0.3) is 10.2 Å². The van der Waals surface area contributed by atoms with Crippen LogP contribution in [0.3, 0.4) is 0 Å². The van der Waals surface area contributed by atoms with Crippen molar-refractivity contribution < 1.29 is 13.2 Å². The van der Waals surface area contributed by atoms with E-state index in [0.29, 0.717) is 4.80 Å². The second kappa shape index (κ2) is 6.24. The van der Waals surface area contributed by atoms with Gasteiger partial charge in [-0.25, -0.2) is 8.42 Å². The minimum absolute atomic E-state index is 0.000115. The van der Waals surface area contributed by atoms with E-state index in [1.165, 1.54) is 23.5 Å². The van der Waals surface area contributed by atoms with Crippen molar-refractivity contribution in [3.63, 3.8) is 0 Å². The Hall–Kier alpha value is -2.25. The SMILES string of the molecule is Cc1ccc(C)c2c1sc(=NC(=O)c1ccccc1S(C)(=O)=O)n2C. The van der Waals surface area contributed by atoms with E-state index in [4.69, 9.17) is 0 Å². The van der Waals surface area contributed by atoms with Crippen LogP contribution in [0.15, 0.2) is 46.3 Å². The number of rotatable bonds is 2. The van der Waals surface area contributed by atoms with Crippen LogP contribution < -0.4 is 4.80 Å². The third-order valence-electron chi connectivity index (χ3n) is 4.06. The number of amides is 1. The quantitative estimate of drug-likeness (QED) is 0.692. The van der Waals surface area contributed by atoms with Crippen LogP contribution in [-0.2, 0) is 16.9 Å². The van der Waals surface area contributed by atoms with Gasteiger partial charge in [0.05, 0.1) is 20.7 Å². The number of hydrogen-bond acceptors (Lipinski definition) is 4. The summed E-state index contributed by atoms with van der Waals surface area (Å²) in [5, 5.41) is 0. The van der Waals surface area contributed by atoms with Gasteiger partial charge in [0.2, 0.25) is 0 Å². The van der Waals surface area contributed by atoms with Crippen LogP contribution >= 0.6 is 11.3 Å². The summed E-state index contributed by atoms with van der Waals surface area (Å²) in [6.07, 6.45) is 1.09. The van der Waals surface area contributed by atoms with Crippen molar-refractivity contribution in [2.24, 2.45) is 12.0 Å². The van der Waals surface area contributed by atoms with Crippen LogP contribution in [-0.4, -0.2) is 25.1 Å². The number of fused-ring (bicyclic) bond motifs is 1.